The molecule has 1 saturated carbocycles. The molecule has 31 heavy (non-hydrogen) atoms. The number of nitriles is 1. The summed E-state index contributed by atoms with van der Waals surface area (Å²) in [5, 5.41) is 10.0. The van der Waals surface area contributed by atoms with Crippen LogP contribution in [-0.2, 0) is 0 Å². The summed E-state index contributed by atoms with van der Waals surface area (Å²) in [6.45, 7) is 4.58. The molecule has 1 aromatic carbocycles. The highest BCUT2D eigenvalue weighted by molar-refractivity contribution is 5.75. The molecule has 1 aromatic rings. The van der Waals surface area contributed by atoms with Crippen molar-refractivity contribution < 1.29 is 0 Å². The van der Waals surface area contributed by atoms with E-state index in [0.29, 0.717) is 5.41 Å². The molecule has 1 atom stereocenters. The molecule has 0 radical (unpaired) electrons. The molecule has 1 nitrogen and oxygen atoms in total. The van der Waals surface area contributed by atoms with Crippen LogP contribution < -0.4 is 0 Å². The smallest absolute Gasteiger partial charge is 0.0689 e. The zero-order chi connectivity index (χ0) is 22.0. The summed E-state index contributed by atoms with van der Waals surface area (Å²) in [5.74, 6) is 0.727. The van der Waals surface area contributed by atoms with Crippen LogP contribution in [0.4, 0.5) is 0 Å². The quantitative estimate of drug-likeness (QED) is 0.329. The zero-order valence-electron chi connectivity index (χ0n) is 20.0. The van der Waals surface area contributed by atoms with Crippen LogP contribution in [-0.4, -0.2) is 0 Å². The molecule has 0 amide bonds. The van der Waals surface area contributed by atoms with E-state index < -0.39 is 0 Å². The molecule has 0 aromatic heterocycles. The van der Waals surface area contributed by atoms with Gasteiger partial charge in [0.25, 0.3) is 0 Å². The van der Waals surface area contributed by atoms with Crippen LogP contribution in [0.3, 0.4) is 0 Å². The summed E-state index contributed by atoms with van der Waals surface area (Å²) in [5.41, 5.74) is 2.97. The van der Waals surface area contributed by atoms with Gasteiger partial charge in [-0.25, -0.2) is 0 Å². The van der Waals surface area contributed by atoms with Gasteiger partial charge in [-0.2, -0.15) is 5.26 Å². The number of unbranched alkanes of at least 4 members (excludes halogenated alkanes) is 5. The fraction of sp³-hybridized carbons (Fsp3) is 0.633. The highest BCUT2D eigenvalue weighted by Crippen LogP contribution is 2.53. The second-order valence-corrected chi connectivity index (χ2v) is 10.2. The molecule has 168 valence electrons. The molecule has 1 heteroatoms. The van der Waals surface area contributed by atoms with Crippen LogP contribution in [0.1, 0.15) is 109 Å². The first-order chi connectivity index (χ1) is 15.2. The van der Waals surface area contributed by atoms with E-state index in [1.165, 1.54) is 75.3 Å². The minimum absolute atomic E-state index is 0.0436. The van der Waals surface area contributed by atoms with Crippen molar-refractivity contribution in [1.29, 1.82) is 5.26 Å². The Morgan fingerprint density at radius 2 is 1.61 bits per heavy atom. The Morgan fingerprint density at radius 3 is 2.23 bits per heavy atom. The normalized spacial score (nSPS) is 28.2. The topological polar surface area (TPSA) is 23.8 Å². The number of rotatable bonds is 11. The van der Waals surface area contributed by atoms with Crippen molar-refractivity contribution in [3.63, 3.8) is 0 Å². The Labute approximate surface area is 191 Å². The molecular formula is C30H43N. The molecule has 0 heterocycles. The van der Waals surface area contributed by atoms with E-state index in [4.69, 9.17) is 0 Å². The molecule has 0 saturated heterocycles. The Kier molecular flexibility index (Phi) is 9.01. The molecule has 2 aliphatic carbocycles. The van der Waals surface area contributed by atoms with E-state index in [2.05, 4.69) is 68.5 Å². The van der Waals surface area contributed by atoms with Gasteiger partial charge in [0.1, 0.15) is 0 Å². The maximum absolute atomic E-state index is 10.0. The highest BCUT2D eigenvalue weighted by Gasteiger charge is 2.43. The van der Waals surface area contributed by atoms with Gasteiger partial charge in [0.05, 0.1) is 11.5 Å². The molecule has 0 N–H and O–H groups in total. The first kappa shape index (κ1) is 23.8. The second-order valence-electron chi connectivity index (χ2n) is 10.2. The molecule has 1 fully saturated rings. The summed E-state index contributed by atoms with van der Waals surface area (Å²) < 4.78 is 0. The third-order valence-electron chi connectivity index (χ3n) is 8.15. The Hall–Kier alpha value is -1.81. The lowest BCUT2D eigenvalue weighted by atomic mass is 9.58. The van der Waals surface area contributed by atoms with E-state index >= 15 is 0 Å². The molecule has 0 bridgehead atoms. The fourth-order valence-corrected chi connectivity index (χ4v) is 5.96. The van der Waals surface area contributed by atoms with E-state index in [1.54, 1.807) is 0 Å². The van der Waals surface area contributed by atoms with E-state index in [0.717, 1.165) is 31.6 Å². The molecule has 0 spiro atoms. The lowest BCUT2D eigenvalue weighted by Gasteiger charge is -2.45. The van der Waals surface area contributed by atoms with Gasteiger partial charge in [0.15, 0.2) is 0 Å². The van der Waals surface area contributed by atoms with Gasteiger partial charge in [0.2, 0.25) is 0 Å². The second kappa shape index (κ2) is 11.7. The van der Waals surface area contributed by atoms with Crippen molar-refractivity contribution in [2.24, 2.45) is 16.7 Å². The summed E-state index contributed by atoms with van der Waals surface area (Å²) >= 11 is 0. The molecule has 0 aliphatic heterocycles. The van der Waals surface area contributed by atoms with E-state index in [-0.39, 0.29) is 5.41 Å². The Balaban J connectivity index is 1.63. The summed E-state index contributed by atoms with van der Waals surface area (Å²) in [4.78, 5) is 0. The Bertz CT molecular complexity index is 757. The van der Waals surface area contributed by atoms with Crippen molar-refractivity contribution in [2.45, 2.75) is 104 Å². The average molecular weight is 418 g/mol. The van der Waals surface area contributed by atoms with Gasteiger partial charge in [-0.1, -0.05) is 107 Å². The van der Waals surface area contributed by atoms with Crippen molar-refractivity contribution in [1.82, 2.24) is 0 Å². The largest absolute Gasteiger partial charge is 0.198 e. The van der Waals surface area contributed by atoms with Gasteiger partial charge in [-0.15, -0.1) is 0 Å². The minimum atomic E-state index is -0.0436. The van der Waals surface area contributed by atoms with Crippen molar-refractivity contribution in [3.05, 3.63) is 54.1 Å². The third kappa shape index (κ3) is 6.12. The SMILES string of the molecule is CCCCCCCC1(C#N)CCC(C2(CCCC)C=CC(c3ccccc3)=CC2)CC1. The lowest BCUT2D eigenvalue weighted by Crippen LogP contribution is -2.36. The van der Waals surface area contributed by atoms with Gasteiger partial charge in [-0.05, 0) is 67.4 Å². The van der Waals surface area contributed by atoms with Crippen LogP contribution in [0.5, 0.6) is 0 Å². The maximum atomic E-state index is 10.0. The highest BCUT2D eigenvalue weighted by atomic mass is 14.5. The summed E-state index contributed by atoms with van der Waals surface area (Å²) in [6.07, 6.45) is 24.8. The van der Waals surface area contributed by atoms with Crippen LogP contribution in [0, 0.1) is 28.1 Å². The third-order valence-corrected chi connectivity index (χ3v) is 8.15. The van der Waals surface area contributed by atoms with Crippen molar-refractivity contribution >= 4 is 5.57 Å². The standard InChI is InChI=1S/C30H43N/c1-3-5-7-8-12-19-29(25-31)21-17-28(18-22-29)30(20-6-4-2)23-15-27(16-24-30)26-13-10-9-11-14-26/h9-11,13-16,23,28H,3-8,12,17-22,24H2,1-2H3. The Morgan fingerprint density at radius 1 is 0.903 bits per heavy atom. The fourth-order valence-electron chi connectivity index (χ4n) is 5.96. The van der Waals surface area contributed by atoms with Crippen LogP contribution in [0.25, 0.3) is 5.57 Å². The summed E-state index contributed by atoms with van der Waals surface area (Å²) in [6, 6.07) is 13.6. The first-order valence-corrected chi connectivity index (χ1v) is 13.0. The van der Waals surface area contributed by atoms with E-state index in [9.17, 15) is 5.26 Å². The van der Waals surface area contributed by atoms with Gasteiger partial charge < -0.3 is 0 Å². The monoisotopic (exact) mass is 417 g/mol. The maximum Gasteiger partial charge on any atom is 0.0689 e. The number of benzene rings is 1. The lowest BCUT2D eigenvalue weighted by molar-refractivity contribution is 0.101. The van der Waals surface area contributed by atoms with Gasteiger partial charge in [0, 0.05) is 0 Å². The molecule has 3 rings (SSSR count). The van der Waals surface area contributed by atoms with Gasteiger partial charge in [-0.3, -0.25) is 0 Å². The number of nitrogens with zero attached hydrogens (tertiary/aromatic N) is 1. The minimum Gasteiger partial charge on any atom is -0.198 e. The van der Waals surface area contributed by atoms with Crippen LogP contribution in [0.15, 0.2) is 48.6 Å². The van der Waals surface area contributed by atoms with Crippen molar-refractivity contribution in [2.75, 3.05) is 0 Å². The van der Waals surface area contributed by atoms with Crippen LogP contribution >= 0.6 is 0 Å². The molecular weight excluding hydrogens is 374 g/mol. The zero-order valence-corrected chi connectivity index (χ0v) is 20.0. The van der Waals surface area contributed by atoms with Gasteiger partial charge >= 0.3 is 0 Å². The number of allylic oxidation sites excluding steroid dienone is 4. The molecule has 1 unspecified atom stereocenters. The number of hydrogen-bond donors (Lipinski definition) is 0. The summed E-state index contributed by atoms with van der Waals surface area (Å²) in [7, 11) is 0. The van der Waals surface area contributed by atoms with Crippen molar-refractivity contribution in [3.8, 4) is 6.07 Å². The average Bonchev–Trinajstić information content (AvgIpc) is 2.84. The van der Waals surface area contributed by atoms with Crippen LogP contribution in [0.2, 0.25) is 0 Å². The molecule has 2 aliphatic rings. The van der Waals surface area contributed by atoms with E-state index in [1.807, 2.05) is 0 Å². The number of hydrogen-bond acceptors (Lipinski definition) is 1. The predicted molar refractivity (Wildman–Crippen MR) is 134 cm³/mol. The predicted octanol–water partition coefficient (Wildman–Crippen LogP) is 9.27. The first-order valence-electron chi connectivity index (χ1n) is 13.0.